The second-order valence-corrected chi connectivity index (χ2v) is 8.42. The van der Waals surface area contributed by atoms with Crippen LogP contribution in [0.3, 0.4) is 0 Å². The van der Waals surface area contributed by atoms with Crippen LogP contribution in [0.1, 0.15) is 40.7 Å². The lowest BCUT2D eigenvalue weighted by molar-refractivity contribution is -0.137. The first-order chi connectivity index (χ1) is 17.3. The van der Waals surface area contributed by atoms with Gasteiger partial charge in [-0.2, -0.15) is 13.2 Å². The molecule has 0 atom stereocenters. The maximum Gasteiger partial charge on any atom is 0.416 e. The molecular weight excluding hydrogens is 471 g/mol. The van der Waals surface area contributed by atoms with Crippen molar-refractivity contribution in [2.45, 2.75) is 25.4 Å². The van der Waals surface area contributed by atoms with E-state index in [1.54, 1.807) is 30.5 Å². The van der Waals surface area contributed by atoms with Crippen LogP contribution < -0.4 is 11.1 Å². The second kappa shape index (κ2) is 10.7. The fourth-order valence-corrected chi connectivity index (χ4v) is 4.11. The molecule has 0 radical (unpaired) electrons. The van der Waals surface area contributed by atoms with Gasteiger partial charge >= 0.3 is 6.18 Å². The number of carbonyl (C=O) groups excluding carboxylic acids is 1. The number of hydrogen-bond donors (Lipinski definition) is 2. The largest absolute Gasteiger partial charge is 0.416 e. The number of alkyl halides is 3. The predicted octanol–water partition coefficient (Wildman–Crippen LogP) is 4.31. The molecule has 1 saturated heterocycles. The molecule has 0 saturated carbocycles. The molecule has 0 bridgehead atoms. The Bertz CT molecular complexity index is 1210. The molecule has 0 unspecified atom stereocenters. The molecule has 3 heterocycles. The minimum Gasteiger partial charge on any atom is -0.382 e. The number of amidine groups is 1. The van der Waals surface area contributed by atoms with E-state index in [4.69, 9.17) is 5.73 Å². The summed E-state index contributed by atoms with van der Waals surface area (Å²) >= 11 is 0. The van der Waals surface area contributed by atoms with Gasteiger partial charge in [-0.05, 0) is 56.9 Å². The van der Waals surface area contributed by atoms with E-state index in [2.05, 4.69) is 31.9 Å². The SMILES string of the molecule is C=N/C(=C1/C(N)=NC=CN1CN1CCCCC1)c1ccc(C(=O)Nc2cc(C(F)(F)F)ccn2)cc1. The van der Waals surface area contributed by atoms with Crippen LogP contribution in [0.5, 0.6) is 0 Å². The number of halogens is 3. The van der Waals surface area contributed by atoms with Crippen molar-refractivity contribution < 1.29 is 18.0 Å². The molecule has 0 aliphatic carbocycles. The minimum absolute atomic E-state index is 0.194. The van der Waals surface area contributed by atoms with Crippen LogP contribution in [-0.2, 0) is 6.18 Å². The van der Waals surface area contributed by atoms with Crippen LogP contribution in [0.4, 0.5) is 19.0 Å². The average Bonchev–Trinajstić information content (AvgIpc) is 2.87. The third kappa shape index (κ3) is 5.80. The first-order valence-corrected chi connectivity index (χ1v) is 11.4. The van der Waals surface area contributed by atoms with Crippen LogP contribution in [-0.4, -0.2) is 53.0 Å². The normalized spacial score (nSPS) is 18.0. The van der Waals surface area contributed by atoms with E-state index in [1.807, 2.05) is 11.1 Å². The van der Waals surface area contributed by atoms with E-state index in [-0.39, 0.29) is 11.4 Å². The molecule has 1 aromatic heterocycles. The van der Waals surface area contributed by atoms with Gasteiger partial charge in [0.15, 0.2) is 0 Å². The molecular formula is C25H26F3N7O. The lowest BCUT2D eigenvalue weighted by Crippen LogP contribution is -2.41. The zero-order valence-electron chi connectivity index (χ0n) is 19.5. The standard InChI is InChI=1S/C25H26F3N7O/c1-30-21(22-23(29)32-11-14-35(22)16-34-12-3-2-4-13-34)17-5-7-18(8-6-17)24(36)33-20-15-19(9-10-31-20)25(26,27)28/h5-11,14-15H,1-4,12-13,16H2,(H2,29,32)(H,31,33,36)/b22-21-. The Morgan fingerprint density at radius 1 is 1.11 bits per heavy atom. The average molecular weight is 498 g/mol. The summed E-state index contributed by atoms with van der Waals surface area (Å²) in [6.07, 6.45) is 3.46. The quantitative estimate of drug-likeness (QED) is 0.580. The third-order valence-corrected chi connectivity index (χ3v) is 5.92. The van der Waals surface area contributed by atoms with Crippen molar-refractivity contribution >= 4 is 30.0 Å². The smallest absolute Gasteiger partial charge is 0.382 e. The molecule has 36 heavy (non-hydrogen) atoms. The van der Waals surface area contributed by atoms with Gasteiger partial charge < -0.3 is 16.0 Å². The number of piperidine rings is 1. The van der Waals surface area contributed by atoms with Gasteiger partial charge in [0.05, 0.1) is 17.9 Å². The first kappa shape index (κ1) is 25.1. The van der Waals surface area contributed by atoms with Crippen LogP contribution in [0.25, 0.3) is 5.70 Å². The summed E-state index contributed by atoms with van der Waals surface area (Å²) in [6, 6.07) is 8.07. The topological polar surface area (TPSA) is 99.2 Å². The number of nitrogens with two attached hydrogens (primary N) is 1. The number of aliphatic imine (C=N–C) groups is 2. The van der Waals surface area contributed by atoms with Crippen molar-refractivity contribution in [3.63, 3.8) is 0 Å². The lowest BCUT2D eigenvalue weighted by atomic mass is 10.1. The van der Waals surface area contributed by atoms with Crippen LogP contribution in [0.15, 0.2) is 70.7 Å². The van der Waals surface area contributed by atoms with Gasteiger partial charge in [0.1, 0.15) is 17.4 Å². The van der Waals surface area contributed by atoms with Crippen LogP contribution in [0, 0.1) is 0 Å². The molecule has 8 nitrogen and oxygen atoms in total. The number of benzene rings is 1. The second-order valence-electron chi connectivity index (χ2n) is 8.42. The zero-order valence-corrected chi connectivity index (χ0v) is 19.5. The van der Waals surface area contributed by atoms with Crippen LogP contribution >= 0.6 is 0 Å². The van der Waals surface area contributed by atoms with Crippen molar-refractivity contribution in [2.24, 2.45) is 15.7 Å². The fraction of sp³-hybridized carbons (Fsp3) is 0.280. The number of amides is 1. The van der Waals surface area contributed by atoms with E-state index in [0.717, 1.165) is 44.3 Å². The highest BCUT2D eigenvalue weighted by Gasteiger charge is 2.31. The van der Waals surface area contributed by atoms with E-state index in [9.17, 15) is 18.0 Å². The number of anilines is 1. The third-order valence-electron chi connectivity index (χ3n) is 5.92. The highest BCUT2D eigenvalue weighted by Crippen LogP contribution is 2.30. The Morgan fingerprint density at radius 3 is 2.47 bits per heavy atom. The molecule has 4 rings (SSSR count). The summed E-state index contributed by atoms with van der Waals surface area (Å²) in [7, 11) is 0. The molecule has 2 aliphatic rings. The van der Waals surface area contributed by atoms with Gasteiger partial charge in [0, 0.05) is 29.7 Å². The number of carbonyl (C=O) groups is 1. The molecule has 2 aliphatic heterocycles. The summed E-state index contributed by atoms with van der Waals surface area (Å²) < 4.78 is 38.8. The highest BCUT2D eigenvalue weighted by atomic mass is 19.4. The Kier molecular flexibility index (Phi) is 7.49. The number of aromatic nitrogens is 1. The lowest BCUT2D eigenvalue weighted by Gasteiger charge is -2.34. The molecule has 1 fully saturated rings. The van der Waals surface area contributed by atoms with Crippen molar-refractivity contribution in [1.29, 1.82) is 0 Å². The Hall–Kier alpha value is -3.99. The monoisotopic (exact) mass is 497 g/mol. The van der Waals surface area contributed by atoms with Crippen molar-refractivity contribution in [1.82, 2.24) is 14.8 Å². The highest BCUT2D eigenvalue weighted by molar-refractivity contribution is 6.06. The summed E-state index contributed by atoms with van der Waals surface area (Å²) in [4.78, 5) is 29.2. The van der Waals surface area contributed by atoms with E-state index < -0.39 is 17.6 Å². The Labute approximate surface area is 206 Å². The number of rotatable bonds is 6. The minimum atomic E-state index is -4.53. The number of nitrogens with zero attached hydrogens (tertiary/aromatic N) is 5. The first-order valence-electron chi connectivity index (χ1n) is 11.4. The maximum absolute atomic E-state index is 12.9. The molecule has 2 aromatic rings. The van der Waals surface area contributed by atoms with Gasteiger partial charge in [0.25, 0.3) is 5.91 Å². The molecule has 3 N–H and O–H groups in total. The number of nitrogens with one attached hydrogen (secondary N) is 1. The van der Waals surface area contributed by atoms with Crippen molar-refractivity contribution in [3.05, 3.63) is 77.4 Å². The summed E-state index contributed by atoms with van der Waals surface area (Å²) in [5, 5.41) is 2.40. The summed E-state index contributed by atoms with van der Waals surface area (Å²) in [6.45, 7) is 6.33. The number of pyridine rings is 1. The maximum atomic E-state index is 12.9. The molecule has 0 spiro atoms. The van der Waals surface area contributed by atoms with E-state index in [1.165, 1.54) is 6.42 Å². The summed E-state index contributed by atoms with van der Waals surface area (Å²) in [5.41, 5.74) is 7.35. The number of hydrogen-bond acceptors (Lipinski definition) is 7. The molecule has 188 valence electrons. The van der Waals surface area contributed by atoms with Gasteiger partial charge in [0.2, 0.25) is 0 Å². The van der Waals surface area contributed by atoms with Gasteiger partial charge in [-0.1, -0.05) is 18.6 Å². The van der Waals surface area contributed by atoms with E-state index in [0.29, 0.717) is 29.5 Å². The molecule has 1 amide bonds. The molecule has 1 aromatic carbocycles. The van der Waals surface area contributed by atoms with Crippen molar-refractivity contribution in [2.75, 3.05) is 25.1 Å². The van der Waals surface area contributed by atoms with Crippen molar-refractivity contribution in [3.8, 4) is 0 Å². The van der Waals surface area contributed by atoms with Crippen LogP contribution in [0.2, 0.25) is 0 Å². The molecule has 11 heteroatoms. The predicted molar refractivity (Wildman–Crippen MR) is 133 cm³/mol. The van der Waals surface area contributed by atoms with E-state index >= 15 is 0 Å². The van der Waals surface area contributed by atoms with Gasteiger partial charge in [-0.3, -0.25) is 14.7 Å². The number of likely N-dealkylation sites (tertiary alicyclic amines) is 1. The fourth-order valence-electron chi connectivity index (χ4n) is 4.11. The Balaban J connectivity index is 1.55. The van der Waals surface area contributed by atoms with Gasteiger partial charge in [-0.25, -0.2) is 9.98 Å². The Morgan fingerprint density at radius 2 is 1.81 bits per heavy atom. The summed E-state index contributed by atoms with van der Waals surface area (Å²) in [5.74, 6) is -0.488. The van der Waals surface area contributed by atoms with Gasteiger partial charge in [-0.15, -0.1) is 0 Å². The zero-order chi connectivity index (χ0) is 25.7.